The largest absolute Gasteiger partial charge is 0.497 e. The van der Waals surface area contributed by atoms with Crippen LogP contribution in [-0.2, 0) is 21.1 Å². The van der Waals surface area contributed by atoms with Gasteiger partial charge in [-0.25, -0.2) is 28.1 Å². The molecule has 4 aromatic rings. The van der Waals surface area contributed by atoms with Gasteiger partial charge in [0.15, 0.2) is 29.5 Å². The van der Waals surface area contributed by atoms with E-state index in [0.717, 1.165) is 17.2 Å². The minimum absolute atomic E-state index is 0.00135. The Labute approximate surface area is 242 Å². The molecule has 1 aliphatic rings. The molecule has 0 bridgehead atoms. The lowest BCUT2D eigenvalue weighted by Crippen LogP contribution is -2.50. The second kappa shape index (κ2) is 11.9. The van der Waals surface area contributed by atoms with Gasteiger partial charge in [0.1, 0.15) is 40.9 Å². The number of fused-ring (bicyclic) bond motifs is 1. The summed E-state index contributed by atoms with van der Waals surface area (Å²) in [5, 5.41) is 10.7. The number of aliphatic hydroxyl groups excluding tert-OH is 1. The van der Waals surface area contributed by atoms with Crippen LogP contribution in [0.2, 0.25) is 0 Å². The van der Waals surface area contributed by atoms with Crippen molar-refractivity contribution in [2.75, 3.05) is 26.6 Å². The quantitative estimate of drug-likeness (QED) is 0.231. The third-order valence-corrected chi connectivity index (χ3v) is 8.51. The van der Waals surface area contributed by atoms with Gasteiger partial charge >= 0.3 is 6.72 Å². The van der Waals surface area contributed by atoms with Crippen LogP contribution in [0.4, 0.5) is 19.0 Å². The van der Waals surface area contributed by atoms with Gasteiger partial charge in [-0.05, 0) is 48.5 Å². The molecular weight excluding hydrogens is 602 g/mol. The highest BCUT2D eigenvalue weighted by Gasteiger charge is 2.62. The highest BCUT2D eigenvalue weighted by atomic mass is 32.5. The summed E-state index contributed by atoms with van der Waals surface area (Å²) < 4.78 is 79.2. The lowest BCUT2D eigenvalue weighted by Gasteiger charge is -2.32. The minimum atomic E-state index is -3.98. The van der Waals surface area contributed by atoms with Gasteiger partial charge < -0.3 is 34.1 Å². The number of aromatic nitrogens is 4. The van der Waals surface area contributed by atoms with Crippen molar-refractivity contribution in [3.8, 4) is 23.0 Å². The van der Waals surface area contributed by atoms with Crippen molar-refractivity contribution in [3.63, 3.8) is 0 Å². The Morgan fingerprint density at radius 3 is 2.07 bits per heavy atom. The summed E-state index contributed by atoms with van der Waals surface area (Å²) in [6.07, 6.45) is -7.62. The SMILES string of the molecule is COc1ccc(OP(=S)(OC[C@@]2(C(F)F)O[C@@H](n3cnc4c(N)ncnc43)[C@H](O)[C@H]2F)Oc2ccc(OC)cc2)cc1. The molecule has 1 fully saturated rings. The van der Waals surface area contributed by atoms with Gasteiger partial charge in [0.25, 0.3) is 6.43 Å². The first-order valence-corrected chi connectivity index (χ1v) is 14.8. The smallest absolute Gasteiger partial charge is 0.435 e. The average molecular weight is 628 g/mol. The van der Waals surface area contributed by atoms with Crippen LogP contribution in [0.3, 0.4) is 0 Å². The zero-order valence-electron chi connectivity index (χ0n) is 22.0. The topological polar surface area (TPSA) is 145 Å². The molecule has 224 valence electrons. The van der Waals surface area contributed by atoms with Crippen molar-refractivity contribution < 1.29 is 46.1 Å². The zero-order valence-corrected chi connectivity index (χ0v) is 23.8. The van der Waals surface area contributed by atoms with E-state index < -0.39 is 43.9 Å². The molecule has 5 rings (SSSR count). The Morgan fingerprint density at radius 1 is 1.00 bits per heavy atom. The number of rotatable bonds is 11. The molecule has 42 heavy (non-hydrogen) atoms. The molecule has 17 heteroatoms. The van der Waals surface area contributed by atoms with Crippen molar-refractivity contribution in [2.24, 2.45) is 0 Å². The van der Waals surface area contributed by atoms with E-state index in [-0.39, 0.29) is 28.5 Å². The maximum Gasteiger partial charge on any atom is 0.435 e. The maximum atomic E-state index is 15.6. The molecule has 0 aliphatic carbocycles. The van der Waals surface area contributed by atoms with E-state index in [9.17, 15) is 13.9 Å². The number of nitrogens with zero attached hydrogens (tertiary/aromatic N) is 4. The molecule has 0 spiro atoms. The van der Waals surface area contributed by atoms with Gasteiger partial charge in [0, 0.05) is 11.8 Å². The van der Waals surface area contributed by atoms with Gasteiger partial charge in [0.2, 0.25) is 0 Å². The number of ether oxygens (including phenoxy) is 3. The van der Waals surface area contributed by atoms with Crippen LogP contribution in [0, 0.1) is 0 Å². The van der Waals surface area contributed by atoms with Crippen LogP contribution in [0.1, 0.15) is 6.23 Å². The number of alkyl halides is 3. The van der Waals surface area contributed by atoms with E-state index in [1.54, 1.807) is 24.3 Å². The molecule has 1 aliphatic heterocycles. The number of imidazole rings is 1. The number of anilines is 1. The van der Waals surface area contributed by atoms with Crippen LogP contribution in [0.5, 0.6) is 23.0 Å². The molecule has 0 radical (unpaired) electrons. The van der Waals surface area contributed by atoms with Crippen LogP contribution in [0.25, 0.3) is 11.2 Å². The molecule has 12 nitrogen and oxygen atoms in total. The maximum absolute atomic E-state index is 15.6. The molecule has 0 unspecified atom stereocenters. The van der Waals surface area contributed by atoms with Gasteiger partial charge in [-0.3, -0.25) is 9.09 Å². The highest BCUT2D eigenvalue weighted by Crippen LogP contribution is 2.53. The van der Waals surface area contributed by atoms with Crippen molar-refractivity contribution in [1.29, 1.82) is 0 Å². The number of nitrogen functional groups attached to an aromatic ring is 1. The Hall–Kier alpha value is -3.69. The normalized spacial score (nSPS) is 22.4. The summed E-state index contributed by atoms with van der Waals surface area (Å²) >= 11 is 5.56. The van der Waals surface area contributed by atoms with E-state index in [0.29, 0.717) is 11.5 Å². The summed E-state index contributed by atoms with van der Waals surface area (Å²) in [4.78, 5) is 11.8. The fourth-order valence-corrected chi connectivity index (χ4v) is 6.14. The number of hydrogen-bond acceptors (Lipinski definition) is 12. The lowest BCUT2D eigenvalue weighted by molar-refractivity contribution is -0.182. The van der Waals surface area contributed by atoms with E-state index in [4.69, 9.17) is 45.3 Å². The molecule has 3 heterocycles. The third kappa shape index (κ3) is 5.68. The summed E-state index contributed by atoms with van der Waals surface area (Å²) in [5.41, 5.74) is 2.97. The Bertz CT molecular complexity index is 1530. The second-order valence-corrected chi connectivity index (χ2v) is 11.9. The monoisotopic (exact) mass is 627 g/mol. The van der Waals surface area contributed by atoms with Gasteiger partial charge in [-0.1, -0.05) is 0 Å². The van der Waals surface area contributed by atoms with E-state index in [1.807, 2.05) is 0 Å². The van der Waals surface area contributed by atoms with E-state index in [2.05, 4.69) is 15.0 Å². The van der Waals surface area contributed by atoms with Crippen LogP contribution in [0.15, 0.2) is 61.2 Å². The summed E-state index contributed by atoms with van der Waals surface area (Å²) in [6, 6.07) is 12.3. The van der Waals surface area contributed by atoms with Gasteiger partial charge in [-0.15, -0.1) is 0 Å². The molecule has 2 aromatic heterocycles. The van der Waals surface area contributed by atoms with Crippen LogP contribution in [-0.4, -0.2) is 69.8 Å². The van der Waals surface area contributed by atoms with Gasteiger partial charge in [0.05, 0.1) is 27.2 Å². The standard InChI is InChI=1S/C25H25F3N5O7PS/c1-35-14-3-7-16(8-4-14)39-41(42,40-17-9-5-15(36-2)6-10-17)37-11-25(24(27)28)20(26)19(34)23(38-25)33-13-32-18-21(29)30-12-31-22(18)33/h3-10,12-13,19-20,23-24,34H,11H2,1-2H3,(H2,29,30,31)/t19-,20-,23-,25-/m1/s1. The number of methoxy groups -OCH3 is 2. The van der Waals surface area contributed by atoms with Crippen LogP contribution < -0.4 is 24.3 Å². The predicted molar refractivity (Wildman–Crippen MR) is 147 cm³/mol. The van der Waals surface area contributed by atoms with Crippen molar-refractivity contribution in [2.45, 2.75) is 30.5 Å². The Morgan fingerprint density at radius 2 is 1.55 bits per heavy atom. The number of nitrogens with two attached hydrogens (primary N) is 1. The Kier molecular flexibility index (Phi) is 8.44. The molecule has 3 N–H and O–H groups in total. The predicted octanol–water partition coefficient (Wildman–Crippen LogP) is 4.06. The summed E-state index contributed by atoms with van der Waals surface area (Å²) in [7, 11) is 2.95. The van der Waals surface area contributed by atoms with Gasteiger partial charge in [-0.2, -0.15) is 0 Å². The van der Waals surface area contributed by atoms with E-state index in [1.165, 1.54) is 38.5 Å². The molecule has 1 saturated heterocycles. The molecule has 0 amide bonds. The van der Waals surface area contributed by atoms with Crippen LogP contribution >= 0.6 is 6.72 Å². The highest BCUT2D eigenvalue weighted by molar-refractivity contribution is 8.07. The summed E-state index contributed by atoms with van der Waals surface area (Å²) in [5.74, 6) is 1.37. The third-order valence-electron chi connectivity index (χ3n) is 6.43. The number of aliphatic hydroxyl groups is 1. The number of halogens is 3. The molecular formula is C25H25F3N5O7PS. The zero-order chi connectivity index (χ0) is 30.1. The van der Waals surface area contributed by atoms with Crippen molar-refractivity contribution >= 4 is 35.5 Å². The minimum Gasteiger partial charge on any atom is -0.497 e. The summed E-state index contributed by atoms with van der Waals surface area (Å²) in [6.45, 7) is -5.13. The van der Waals surface area contributed by atoms with E-state index >= 15 is 4.39 Å². The fourth-order valence-electron chi connectivity index (χ4n) is 4.20. The second-order valence-electron chi connectivity index (χ2n) is 8.99. The lowest BCUT2D eigenvalue weighted by atomic mass is 9.98. The molecule has 2 aromatic carbocycles. The number of hydrogen-bond donors (Lipinski definition) is 2. The van der Waals surface area contributed by atoms with Crippen molar-refractivity contribution in [3.05, 3.63) is 61.2 Å². The Balaban J connectivity index is 1.44. The number of benzene rings is 2. The average Bonchev–Trinajstić information content (AvgIpc) is 3.53. The molecule has 4 atom stereocenters. The first-order valence-electron chi connectivity index (χ1n) is 12.2. The van der Waals surface area contributed by atoms with Crippen molar-refractivity contribution in [1.82, 2.24) is 19.5 Å². The first kappa shape index (κ1) is 29.8. The molecule has 0 saturated carbocycles. The fraction of sp³-hybridized carbons (Fsp3) is 0.320. The first-order chi connectivity index (χ1) is 20.1.